The molecular weight excluding hydrogens is 298 g/mol. The van der Waals surface area contributed by atoms with Gasteiger partial charge in [-0.15, -0.1) is 12.4 Å². The maximum atomic E-state index is 12.2. The van der Waals surface area contributed by atoms with Gasteiger partial charge >= 0.3 is 0 Å². The Kier molecular flexibility index (Phi) is 5.84. The maximum Gasteiger partial charge on any atom is 0.234 e. The van der Waals surface area contributed by atoms with Crippen LogP contribution in [0.3, 0.4) is 0 Å². The Labute approximate surface area is 139 Å². The van der Waals surface area contributed by atoms with Gasteiger partial charge in [0.05, 0.1) is 6.54 Å². The molecule has 2 aliphatic rings. The molecule has 122 valence electrons. The van der Waals surface area contributed by atoms with Gasteiger partial charge in [-0.25, -0.2) is 0 Å². The van der Waals surface area contributed by atoms with Crippen LogP contribution >= 0.6 is 12.4 Å². The summed E-state index contributed by atoms with van der Waals surface area (Å²) in [4.78, 5) is 14.4. The quantitative estimate of drug-likeness (QED) is 0.864. The monoisotopic (exact) mass is 323 g/mol. The highest BCUT2D eigenvalue weighted by molar-refractivity contribution is 5.85. The van der Waals surface area contributed by atoms with E-state index < -0.39 is 0 Å². The topological polar surface area (TPSA) is 44.4 Å². The van der Waals surface area contributed by atoms with E-state index in [0.29, 0.717) is 12.6 Å². The number of nitrogens with zero attached hydrogens (tertiary/aromatic N) is 1. The summed E-state index contributed by atoms with van der Waals surface area (Å²) in [7, 11) is 0. The first-order valence-electron chi connectivity index (χ1n) is 7.97. The number of hydrogen-bond donors (Lipinski definition) is 2. The molecule has 1 atom stereocenters. The minimum absolute atomic E-state index is 0. The number of benzene rings is 1. The fraction of sp³-hybridized carbons (Fsp3) is 0.588. The molecule has 0 radical (unpaired) electrons. The molecule has 4 nitrogen and oxygen atoms in total. The Morgan fingerprint density at radius 3 is 2.73 bits per heavy atom. The first-order valence-corrected chi connectivity index (χ1v) is 7.97. The van der Waals surface area contributed by atoms with E-state index in [4.69, 9.17) is 0 Å². The van der Waals surface area contributed by atoms with E-state index in [1.54, 1.807) is 0 Å². The van der Waals surface area contributed by atoms with Crippen molar-refractivity contribution < 1.29 is 4.79 Å². The summed E-state index contributed by atoms with van der Waals surface area (Å²) in [5, 5.41) is 6.50. The zero-order chi connectivity index (χ0) is 14.7. The molecule has 0 bridgehead atoms. The molecule has 1 amide bonds. The predicted molar refractivity (Wildman–Crippen MR) is 91.5 cm³/mol. The number of nitrogens with one attached hydrogen (secondary N) is 2. The molecule has 5 heteroatoms. The highest BCUT2D eigenvalue weighted by Gasteiger charge is 2.44. The lowest BCUT2D eigenvalue weighted by Crippen LogP contribution is -2.53. The van der Waals surface area contributed by atoms with Crippen LogP contribution in [0.25, 0.3) is 0 Å². The molecule has 1 aromatic carbocycles. The fourth-order valence-corrected chi connectivity index (χ4v) is 3.14. The number of carbonyl (C=O) groups excluding carboxylic acids is 1. The lowest BCUT2D eigenvalue weighted by atomic mass is 9.96. The lowest BCUT2D eigenvalue weighted by Gasteiger charge is -2.33. The largest absolute Gasteiger partial charge is 0.354 e. The van der Waals surface area contributed by atoms with Crippen LogP contribution in [-0.2, 0) is 10.2 Å². The van der Waals surface area contributed by atoms with Crippen molar-refractivity contribution in [3.05, 3.63) is 35.9 Å². The predicted octanol–water partition coefficient (Wildman–Crippen LogP) is 1.55. The van der Waals surface area contributed by atoms with E-state index in [0.717, 1.165) is 26.2 Å². The molecule has 0 unspecified atom stereocenters. The molecule has 1 aromatic rings. The third kappa shape index (κ3) is 4.00. The van der Waals surface area contributed by atoms with Crippen molar-refractivity contribution in [3.63, 3.8) is 0 Å². The minimum Gasteiger partial charge on any atom is -0.354 e. The Balaban J connectivity index is 0.00000176. The van der Waals surface area contributed by atoms with Crippen molar-refractivity contribution in [1.82, 2.24) is 15.5 Å². The number of rotatable bonds is 5. The standard InChI is InChI=1S/C17H25N3O.ClH/c1-14-11-18-9-10-20(14)12-16(21)19-13-17(7-8-17)15-5-3-2-4-6-15;/h2-6,14,18H,7-13H2,1H3,(H,19,21);1H/t14-;/m0./s1. The first kappa shape index (κ1) is 17.3. The van der Waals surface area contributed by atoms with Crippen molar-refractivity contribution in [2.75, 3.05) is 32.7 Å². The van der Waals surface area contributed by atoms with Crippen molar-refractivity contribution >= 4 is 18.3 Å². The van der Waals surface area contributed by atoms with Gasteiger partial charge in [-0.1, -0.05) is 30.3 Å². The highest BCUT2D eigenvalue weighted by atomic mass is 35.5. The van der Waals surface area contributed by atoms with Gasteiger partial charge < -0.3 is 10.6 Å². The minimum atomic E-state index is 0. The summed E-state index contributed by atoms with van der Waals surface area (Å²) in [5.41, 5.74) is 1.56. The average Bonchev–Trinajstić information content (AvgIpc) is 3.30. The molecule has 1 heterocycles. The number of piperazine rings is 1. The third-order valence-electron chi connectivity index (χ3n) is 4.85. The van der Waals surface area contributed by atoms with Crippen molar-refractivity contribution in [2.45, 2.75) is 31.2 Å². The van der Waals surface area contributed by atoms with Gasteiger partial charge in [0.15, 0.2) is 0 Å². The van der Waals surface area contributed by atoms with Crippen LogP contribution in [0.15, 0.2) is 30.3 Å². The van der Waals surface area contributed by atoms with Crippen molar-refractivity contribution in [2.24, 2.45) is 0 Å². The number of carbonyl (C=O) groups is 1. The molecule has 2 N–H and O–H groups in total. The van der Waals surface area contributed by atoms with Gasteiger partial charge in [0, 0.05) is 37.6 Å². The smallest absolute Gasteiger partial charge is 0.234 e. The van der Waals surface area contributed by atoms with Gasteiger partial charge in [0.2, 0.25) is 5.91 Å². The fourth-order valence-electron chi connectivity index (χ4n) is 3.14. The average molecular weight is 324 g/mol. The van der Waals surface area contributed by atoms with E-state index >= 15 is 0 Å². The van der Waals surface area contributed by atoms with E-state index in [2.05, 4.69) is 46.7 Å². The summed E-state index contributed by atoms with van der Waals surface area (Å²) in [6.45, 7) is 6.38. The molecule has 22 heavy (non-hydrogen) atoms. The number of amides is 1. The SMILES string of the molecule is C[C@H]1CNCCN1CC(=O)NCC1(c2ccccc2)CC1.Cl. The Morgan fingerprint density at radius 2 is 2.09 bits per heavy atom. The number of halogens is 1. The zero-order valence-corrected chi connectivity index (χ0v) is 14.0. The Morgan fingerprint density at radius 1 is 1.36 bits per heavy atom. The lowest BCUT2D eigenvalue weighted by molar-refractivity contribution is -0.123. The van der Waals surface area contributed by atoms with Crippen LogP contribution in [0.1, 0.15) is 25.3 Å². The summed E-state index contributed by atoms with van der Waals surface area (Å²) in [5.74, 6) is 0.158. The van der Waals surface area contributed by atoms with Crippen LogP contribution in [0, 0.1) is 0 Å². The van der Waals surface area contributed by atoms with Gasteiger partial charge in [-0.2, -0.15) is 0 Å². The molecule has 0 spiro atoms. The summed E-state index contributed by atoms with van der Waals surface area (Å²) in [6.07, 6.45) is 2.36. The van der Waals surface area contributed by atoms with Crippen molar-refractivity contribution in [1.29, 1.82) is 0 Å². The Bertz CT molecular complexity index is 490. The van der Waals surface area contributed by atoms with Crippen LogP contribution in [0.4, 0.5) is 0 Å². The molecule has 1 saturated heterocycles. The normalized spacial score (nSPS) is 23.4. The molecule has 1 saturated carbocycles. The zero-order valence-electron chi connectivity index (χ0n) is 13.2. The highest BCUT2D eigenvalue weighted by Crippen LogP contribution is 2.47. The molecule has 1 aliphatic carbocycles. The van der Waals surface area contributed by atoms with Crippen molar-refractivity contribution in [3.8, 4) is 0 Å². The van der Waals surface area contributed by atoms with E-state index in [1.807, 2.05) is 6.07 Å². The van der Waals surface area contributed by atoms with Gasteiger partial charge in [0.1, 0.15) is 0 Å². The van der Waals surface area contributed by atoms with E-state index in [-0.39, 0.29) is 23.7 Å². The summed E-state index contributed by atoms with van der Waals surface area (Å²) in [6, 6.07) is 11.0. The van der Waals surface area contributed by atoms with Crippen LogP contribution in [-0.4, -0.2) is 49.6 Å². The molecule has 2 fully saturated rings. The van der Waals surface area contributed by atoms with Crippen LogP contribution in [0.5, 0.6) is 0 Å². The second-order valence-electron chi connectivity index (χ2n) is 6.45. The molecule has 1 aliphatic heterocycles. The third-order valence-corrected chi connectivity index (χ3v) is 4.85. The Hall–Kier alpha value is -1.10. The van der Waals surface area contributed by atoms with Crippen LogP contribution in [0.2, 0.25) is 0 Å². The van der Waals surface area contributed by atoms with Gasteiger partial charge in [-0.3, -0.25) is 9.69 Å². The molecule has 0 aromatic heterocycles. The second kappa shape index (κ2) is 7.44. The second-order valence-corrected chi connectivity index (χ2v) is 6.45. The summed E-state index contributed by atoms with van der Waals surface area (Å²) >= 11 is 0. The first-order chi connectivity index (χ1) is 10.2. The summed E-state index contributed by atoms with van der Waals surface area (Å²) < 4.78 is 0. The molecular formula is C17H26ClN3O. The van der Waals surface area contributed by atoms with E-state index in [1.165, 1.54) is 18.4 Å². The maximum absolute atomic E-state index is 12.2. The molecule has 3 rings (SSSR count). The van der Waals surface area contributed by atoms with E-state index in [9.17, 15) is 4.79 Å². The van der Waals surface area contributed by atoms with Gasteiger partial charge in [-0.05, 0) is 25.3 Å². The van der Waals surface area contributed by atoms with Crippen LogP contribution < -0.4 is 10.6 Å². The number of hydrogen-bond acceptors (Lipinski definition) is 3. The van der Waals surface area contributed by atoms with Gasteiger partial charge in [0.25, 0.3) is 0 Å².